The molecule has 1 aromatic rings. The number of ether oxygens (including phenoxy) is 1. The standard InChI is InChI=1S/C14H20N2O3/c1-3-9-16-13(17)8-10-15-12-7-5-4-6-11(12)14(18)19-2/h4-7,15H,3,8-10H2,1-2H3,(H,16,17). The van der Waals surface area contributed by atoms with Crippen LogP contribution in [-0.2, 0) is 9.53 Å². The first kappa shape index (κ1) is 15.0. The average Bonchev–Trinajstić information content (AvgIpc) is 2.44. The van der Waals surface area contributed by atoms with Crippen LogP contribution in [0.25, 0.3) is 0 Å². The number of benzene rings is 1. The maximum Gasteiger partial charge on any atom is 0.339 e. The second-order valence-electron chi connectivity index (χ2n) is 4.06. The van der Waals surface area contributed by atoms with E-state index in [1.54, 1.807) is 18.2 Å². The van der Waals surface area contributed by atoms with Gasteiger partial charge in [-0.05, 0) is 18.6 Å². The molecule has 0 atom stereocenters. The van der Waals surface area contributed by atoms with Crippen LogP contribution in [0.1, 0.15) is 30.1 Å². The number of nitrogens with one attached hydrogen (secondary N) is 2. The zero-order chi connectivity index (χ0) is 14.1. The number of rotatable bonds is 7. The Morgan fingerprint density at radius 2 is 1.95 bits per heavy atom. The van der Waals surface area contributed by atoms with E-state index >= 15 is 0 Å². The van der Waals surface area contributed by atoms with Crippen molar-refractivity contribution in [3.8, 4) is 0 Å². The lowest BCUT2D eigenvalue weighted by atomic mass is 10.2. The molecule has 0 radical (unpaired) electrons. The Balaban J connectivity index is 2.49. The van der Waals surface area contributed by atoms with Crippen LogP contribution in [-0.4, -0.2) is 32.1 Å². The third-order valence-electron chi connectivity index (χ3n) is 2.57. The molecule has 0 heterocycles. The Bertz CT molecular complexity index is 432. The van der Waals surface area contributed by atoms with E-state index in [1.807, 2.05) is 13.0 Å². The van der Waals surface area contributed by atoms with Crippen molar-refractivity contribution >= 4 is 17.6 Å². The summed E-state index contributed by atoms with van der Waals surface area (Å²) in [4.78, 5) is 23.0. The van der Waals surface area contributed by atoms with Crippen LogP contribution in [0, 0.1) is 0 Å². The number of amides is 1. The van der Waals surface area contributed by atoms with Crippen LogP contribution in [0.3, 0.4) is 0 Å². The van der Waals surface area contributed by atoms with E-state index in [0.29, 0.717) is 30.8 Å². The van der Waals surface area contributed by atoms with Crippen molar-refractivity contribution in [2.45, 2.75) is 19.8 Å². The topological polar surface area (TPSA) is 67.4 Å². The number of para-hydroxylation sites is 1. The highest BCUT2D eigenvalue weighted by Crippen LogP contribution is 2.15. The molecule has 0 spiro atoms. The molecular formula is C14H20N2O3. The van der Waals surface area contributed by atoms with Gasteiger partial charge in [-0.2, -0.15) is 0 Å². The minimum atomic E-state index is -0.390. The van der Waals surface area contributed by atoms with Crippen LogP contribution < -0.4 is 10.6 Å². The first-order chi connectivity index (χ1) is 9.19. The maximum atomic E-state index is 11.5. The Kier molecular flexibility index (Phi) is 6.43. The second kappa shape index (κ2) is 8.13. The van der Waals surface area contributed by atoms with Crippen molar-refractivity contribution in [3.05, 3.63) is 29.8 Å². The lowest BCUT2D eigenvalue weighted by molar-refractivity contribution is -0.120. The molecular weight excluding hydrogens is 244 g/mol. The highest BCUT2D eigenvalue weighted by atomic mass is 16.5. The van der Waals surface area contributed by atoms with Crippen molar-refractivity contribution in [3.63, 3.8) is 0 Å². The summed E-state index contributed by atoms with van der Waals surface area (Å²) in [5.74, 6) is -0.386. The van der Waals surface area contributed by atoms with Crippen LogP contribution in [0.15, 0.2) is 24.3 Å². The Labute approximate surface area is 113 Å². The van der Waals surface area contributed by atoms with Gasteiger partial charge in [0.2, 0.25) is 5.91 Å². The maximum absolute atomic E-state index is 11.5. The van der Waals surface area contributed by atoms with E-state index in [1.165, 1.54) is 7.11 Å². The molecule has 0 bridgehead atoms. The summed E-state index contributed by atoms with van der Waals surface area (Å²) in [6.07, 6.45) is 1.29. The van der Waals surface area contributed by atoms with Gasteiger partial charge in [-0.3, -0.25) is 4.79 Å². The number of hydrogen-bond donors (Lipinski definition) is 2. The summed E-state index contributed by atoms with van der Waals surface area (Å²) in [6, 6.07) is 7.07. The molecule has 104 valence electrons. The Hall–Kier alpha value is -2.04. The Morgan fingerprint density at radius 3 is 2.63 bits per heavy atom. The first-order valence-corrected chi connectivity index (χ1v) is 6.37. The van der Waals surface area contributed by atoms with Crippen molar-refractivity contribution in [1.29, 1.82) is 0 Å². The lowest BCUT2D eigenvalue weighted by Crippen LogP contribution is -2.26. The summed E-state index contributed by atoms with van der Waals surface area (Å²) in [5, 5.41) is 5.87. The smallest absolute Gasteiger partial charge is 0.339 e. The second-order valence-corrected chi connectivity index (χ2v) is 4.06. The fourth-order valence-corrected chi connectivity index (χ4v) is 1.59. The third kappa shape index (κ3) is 4.99. The van der Waals surface area contributed by atoms with Gasteiger partial charge in [-0.25, -0.2) is 4.79 Å². The van der Waals surface area contributed by atoms with Gasteiger partial charge in [0, 0.05) is 25.2 Å². The largest absolute Gasteiger partial charge is 0.465 e. The fraction of sp³-hybridized carbons (Fsp3) is 0.429. The van der Waals surface area contributed by atoms with Gasteiger partial charge in [0.1, 0.15) is 0 Å². The molecule has 1 aromatic carbocycles. The number of carbonyl (C=O) groups excluding carboxylic acids is 2. The summed E-state index contributed by atoms with van der Waals surface area (Å²) >= 11 is 0. The molecule has 0 aromatic heterocycles. The molecule has 19 heavy (non-hydrogen) atoms. The highest BCUT2D eigenvalue weighted by molar-refractivity contribution is 5.95. The summed E-state index contributed by atoms with van der Waals surface area (Å²) in [6.45, 7) is 3.17. The van der Waals surface area contributed by atoms with Gasteiger partial charge in [-0.1, -0.05) is 19.1 Å². The molecule has 0 saturated carbocycles. The van der Waals surface area contributed by atoms with Crippen molar-refractivity contribution < 1.29 is 14.3 Å². The molecule has 0 aliphatic carbocycles. The van der Waals surface area contributed by atoms with E-state index in [-0.39, 0.29) is 5.91 Å². The number of esters is 1. The third-order valence-corrected chi connectivity index (χ3v) is 2.57. The summed E-state index contributed by atoms with van der Waals surface area (Å²) in [5.41, 5.74) is 1.15. The quantitative estimate of drug-likeness (QED) is 0.737. The zero-order valence-corrected chi connectivity index (χ0v) is 11.4. The molecule has 0 saturated heterocycles. The van der Waals surface area contributed by atoms with E-state index < -0.39 is 5.97 Å². The number of methoxy groups -OCH3 is 1. The molecule has 0 aliphatic heterocycles. The van der Waals surface area contributed by atoms with Gasteiger partial charge in [0.25, 0.3) is 0 Å². The van der Waals surface area contributed by atoms with Crippen molar-refractivity contribution in [1.82, 2.24) is 5.32 Å². The van der Waals surface area contributed by atoms with E-state index in [0.717, 1.165) is 6.42 Å². The van der Waals surface area contributed by atoms with Gasteiger partial charge in [0.05, 0.1) is 12.7 Å². The fourth-order valence-electron chi connectivity index (χ4n) is 1.59. The predicted molar refractivity (Wildman–Crippen MR) is 74.2 cm³/mol. The van der Waals surface area contributed by atoms with E-state index in [4.69, 9.17) is 4.74 Å². The molecule has 2 N–H and O–H groups in total. The van der Waals surface area contributed by atoms with Gasteiger partial charge < -0.3 is 15.4 Å². The molecule has 0 fully saturated rings. The molecule has 5 heteroatoms. The summed E-state index contributed by atoms with van der Waals surface area (Å²) in [7, 11) is 1.34. The Morgan fingerprint density at radius 1 is 1.21 bits per heavy atom. The first-order valence-electron chi connectivity index (χ1n) is 6.37. The molecule has 0 unspecified atom stereocenters. The number of hydrogen-bond acceptors (Lipinski definition) is 4. The van der Waals surface area contributed by atoms with Crippen LogP contribution in [0.4, 0.5) is 5.69 Å². The SMILES string of the molecule is CCCNC(=O)CCNc1ccccc1C(=O)OC. The summed E-state index contributed by atoms with van der Waals surface area (Å²) < 4.78 is 4.70. The number of carbonyl (C=O) groups is 2. The van der Waals surface area contributed by atoms with Gasteiger partial charge in [-0.15, -0.1) is 0 Å². The van der Waals surface area contributed by atoms with Crippen molar-refractivity contribution in [2.75, 3.05) is 25.5 Å². The van der Waals surface area contributed by atoms with E-state index in [2.05, 4.69) is 10.6 Å². The van der Waals surface area contributed by atoms with Crippen molar-refractivity contribution in [2.24, 2.45) is 0 Å². The zero-order valence-electron chi connectivity index (χ0n) is 11.4. The lowest BCUT2D eigenvalue weighted by Gasteiger charge is -2.10. The minimum absolute atomic E-state index is 0.00454. The minimum Gasteiger partial charge on any atom is -0.465 e. The molecule has 1 amide bonds. The van der Waals surface area contributed by atoms with Gasteiger partial charge in [0.15, 0.2) is 0 Å². The number of anilines is 1. The molecule has 0 aliphatic rings. The van der Waals surface area contributed by atoms with Crippen LogP contribution >= 0.6 is 0 Å². The highest BCUT2D eigenvalue weighted by Gasteiger charge is 2.10. The van der Waals surface area contributed by atoms with Gasteiger partial charge >= 0.3 is 5.97 Å². The van der Waals surface area contributed by atoms with E-state index in [9.17, 15) is 9.59 Å². The molecule has 1 rings (SSSR count). The molecule has 5 nitrogen and oxygen atoms in total. The van der Waals surface area contributed by atoms with Crippen LogP contribution in [0.5, 0.6) is 0 Å². The monoisotopic (exact) mass is 264 g/mol. The predicted octanol–water partition coefficient (Wildman–Crippen LogP) is 1.80. The van der Waals surface area contributed by atoms with Crippen LogP contribution in [0.2, 0.25) is 0 Å². The normalized spacial score (nSPS) is 9.79. The average molecular weight is 264 g/mol.